The van der Waals surface area contributed by atoms with Crippen molar-refractivity contribution in [3.8, 4) is 5.75 Å². The molecule has 0 saturated carbocycles. The van der Waals surface area contributed by atoms with Crippen LogP contribution in [-0.2, 0) is 9.84 Å². The number of hydrogen-bond donors (Lipinski definition) is 1. The Bertz CT molecular complexity index is 510. The molecule has 1 aliphatic rings. The highest BCUT2D eigenvalue weighted by molar-refractivity contribution is 7.91. The minimum Gasteiger partial charge on any atom is -0.494 e. The summed E-state index contributed by atoms with van der Waals surface area (Å²) in [6.07, 6.45) is 0.974. The van der Waals surface area contributed by atoms with E-state index in [4.69, 9.17) is 4.74 Å². The van der Waals surface area contributed by atoms with Gasteiger partial charge in [-0.2, -0.15) is 0 Å². The van der Waals surface area contributed by atoms with Crippen LogP contribution in [-0.4, -0.2) is 32.6 Å². The first-order valence-corrected chi connectivity index (χ1v) is 8.51. The van der Waals surface area contributed by atoms with E-state index in [2.05, 4.69) is 12.2 Å². The zero-order valence-electron chi connectivity index (χ0n) is 11.4. The molecule has 0 spiro atoms. The van der Waals surface area contributed by atoms with Crippen LogP contribution in [0.1, 0.15) is 31.9 Å². The van der Waals surface area contributed by atoms with Gasteiger partial charge >= 0.3 is 0 Å². The molecular weight excluding hydrogens is 262 g/mol. The Hall–Kier alpha value is -1.07. The summed E-state index contributed by atoms with van der Waals surface area (Å²) in [5.41, 5.74) is 0.999. The normalized spacial score (nSPS) is 26.0. The molecule has 106 valence electrons. The summed E-state index contributed by atoms with van der Waals surface area (Å²) in [5.74, 6) is 1.23. The van der Waals surface area contributed by atoms with Gasteiger partial charge < -0.3 is 10.1 Å². The lowest BCUT2D eigenvalue weighted by Crippen LogP contribution is -2.45. The highest BCUT2D eigenvalue weighted by atomic mass is 32.2. The largest absolute Gasteiger partial charge is 0.494 e. The van der Waals surface area contributed by atoms with Gasteiger partial charge in [0.2, 0.25) is 0 Å². The molecule has 5 heteroatoms. The van der Waals surface area contributed by atoms with E-state index in [0.29, 0.717) is 6.61 Å². The summed E-state index contributed by atoms with van der Waals surface area (Å²) in [4.78, 5) is 0. The van der Waals surface area contributed by atoms with Crippen molar-refractivity contribution in [2.24, 2.45) is 0 Å². The molecule has 2 rings (SSSR count). The summed E-state index contributed by atoms with van der Waals surface area (Å²) >= 11 is 0. The SMILES string of the molecule is CCCOc1ccc(C2CS(=O)(=O)CC(C)N2)cc1. The maximum Gasteiger partial charge on any atom is 0.153 e. The van der Waals surface area contributed by atoms with Crippen LogP contribution < -0.4 is 10.1 Å². The first kappa shape index (κ1) is 14.3. The molecule has 1 fully saturated rings. The first-order chi connectivity index (χ1) is 9.00. The molecule has 2 atom stereocenters. The van der Waals surface area contributed by atoms with Crippen molar-refractivity contribution in [2.45, 2.75) is 32.4 Å². The van der Waals surface area contributed by atoms with Crippen molar-refractivity contribution >= 4 is 9.84 Å². The van der Waals surface area contributed by atoms with Gasteiger partial charge in [-0.05, 0) is 31.0 Å². The molecule has 1 aromatic rings. The Kier molecular flexibility index (Phi) is 4.47. The third-order valence-electron chi connectivity index (χ3n) is 3.17. The maximum absolute atomic E-state index is 11.8. The number of rotatable bonds is 4. The van der Waals surface area contributed by atoms with E-state index in [1.165, 1.54) is 0 Å². The Morgan fingerprint density at radius 2 is 1.95 bits per heavy atom. The molecule has 0 aromatic heterocycles. The number of hydrogen-bond acceptors (Lipinski definition) is 4. The van der Waals surface area contributed by atoms with Crippen LogP contribution in [0.2, 0.25) is 0 Å². The zero-order valence-corrected chi connectivity index (χ0v) is 12.2. The van der Waals surface area contributed by atoms with E-state index in [1.54, 1.807) is 0 Å². The van der Waals surface area contributed by atoms with E-state index in [1.807, 2.05) is 31.2 Å². The van der Waals surface area contributed by atoms with E-state index >= 15 is 0 Å². The van der Waals surface area contributed by atoms with Gasteiger partial charge in [0, 0.05) is 12.1 Å². The van der Waals surface area contributed by atoms with Gasteiger partial charge in [-0.1, -0.05) is 19.1 Å². The predicted octanol–water partition coefficient (Wildman–Crippen LogP) is 1.92. The second kappa shape index (κ2) is 5.92. The summed E-state index contributed by atoms with van der Waals surface area (Å²) in [6.45, 7) is 4.67. The molecule has 1 saturated heterocycles. The minimum atomic E-state index is -2.95. The van der Waals surface area contributed by atoms with Crippen LogP contribution in [0, 0.1) is 0 Å². The lowest BCUT2D eigenvalue weighted by Gasteiger charge is -2.29. The molecular formula is C14H21NO3S. The Morgan fingerprint density at radius 3 is 2.53 bits per heavy atom. The van der Waals surface area contributed by atoms with Gasteiger partial charge in [0.25, 0.3) is 0 Å². The average molecular weight is 283 g/mol. The van der Waals surface area contributed by atoms with Crippen LogP contribution in [0.5, 0.6) is 5.75 Å². The van der Waals surface area contributed by atoms with Crippen LogP contribution in [0.15, 0.2) is 24.3 Å². The van der Waals surface area contributed by atoms with Crippen LogP contribution in [0.25, 0.3) is 0 Å². The molecule has 1 aliphatic heterocycles. The molecule has 0 aliphatic carbocycles. The fourth-order valence-electron chi connectivity index (χ4n) is 2.35. The van der Waals surface area contributed by atoms with Gasteiger partial charge in [-0.3, -0.25) is 0 Å². The first-order valence-electron chi connectivity index (χ1n) is 6.69. The van der Waals surface area contributed by atoms with E-state index in [0.717, 1.165) is 17.7 Å². The zero-order chi connectivity index (χ0) is 13.9. The second-order valence-electron chi connectivity index (χ2n) is 5.11. The number of nitrogens with one attached hydrogen (secondary N) is 1. The fourth-order valence-corrected chi connectivity index (χ4v) is 4.14. The summed E-state index contributed by atoms with van der Waals surface area (Å²) in [6, 6.07) is 7.57. The summed E-state index contributed by atoms with van der Waals surface area (Å²) in [5, 5.41) is 3.33. The van der Waals surface area contributed by atoms with E-state index in [9.17, 15) is 8.42 Å². The lowest BCUT2D eigenvalue weighted by molar-refractivity contribution is 0.317. The highest BCUT2D eigenvalue weighted by Crippen LogP contribution is 2.23. The number of ether oxygens (including phenoxy) is 1. The average Bonchev–Trinajstić information content (AvgIpc) is 2.34. The molecule has 1 N–H and O–H groups in total. The fraction of sp³-hybridized carbons (Fsp3) is 0.571. The third kappa shape index (κ3) is 3.94. The van der Waals surface area contributed by atoms with Crippen molar-refractivity contribution < 1.29 is 13.2 Å². The summed E-state index contributed by atoms with van der Waals surface area (Å²) < 4.78 is 29.1. The smallest absolute Gasteiger partial charge is 0.153 e. The number of sulfone groups is 1. The van der Waals surface area contributed by atoms with Crippen molar-refractivity contribution in [1.29, 1.82) is 0 Å². The second-order valence-corrected chi connectivity index (χ2v) is 7.27. The number of benzene rings is 1. The Morgan fingerprint density at radius 1 is 1.26 bits per heavy atom. The molecule has 1 heterocycles. The topological polar surface area (TPSA) is 55.4 Å². The van der Waals surface area contributed by atoms with Crippen molar-refractivity contribution in [3.05, 3.63) is 29.8 Å². The minimum absolute atomic E-state index is 0.000215. The standard InChI is InChI=1S/C14H21NO3S/c1-3-8-18-13-6-4-12(5-7-13)14-10-19(16,17)9-11(2)15-14/h4-7,11,14-15H,3,8-10H2,1-2H3. The monoisotopic (exact) mass is 283 g/mol. The molecule has 0 amide bonds. The van der Waals surface area contributed by atoms with Crippen molar-refractivity contribution in [2.75, 3.05) is 18.1 Å². The van der Waals surface area contributed by atoms with Gasteiger partial charge in [0.15, 0.2) is 9.84 Å². The van der Waals surface area contributed by atoms with E-state index in [-0.39, 0.29) is 23.6 Å². The highest BCUT2D eigenvalue weighted by Gasteiger charge is 2.29. The maximum atomic E-state index is 11.8. The molecule has 4 nitrogen and oxygen atoms in total. The lowest BCUT2D eigenvalue weighted by atomic mass is 10.1. The van der Waals surface area contributed by atoms with Crippen molar-refractivity contribution in [1.82, 2.24) is 5.32 Å². The van der Waals surface area contributed by atoms with Gasteiger partial charge in [0.1, 0.15) is 5.75 Å². The van der Waals surface area contributed by atoms with Gasteiger partial charge in [0.05, 0.1) is 18.1 Å². The molecule has 2 unspecified atom stereocenters. The summed E-state index contributed by atoms with van der Waals surface area (Å²) in [7, 11) is -2.95. The Balaban J connectivity index is 2.09. The van der Waals surface area contributed by atoms with E-state index < -0.39 is 9.84 Å². The molecule has 1 aromatic carbocycles. The quantitative estimate of drug-likeness (QED) is 0.917. The molecule has 19 heavy (non-hydrogen) atoms. The van der Waals surface area contributed by atoms with Gasteiger partial charge in [-0.25, -0.2) is 8.42 Å². The Labute approximate surface area is 115 Å². The van der Waals surface area contributed by atoms with Crippen LogP contribution in [0.4, 0.5) is 0 Å². The third-order valence-corrected chi connectivity index (χ3v) is 5.01. The molecule has 0 bridgehead atoms. The predicted molar refractivity (Wildman–Crippen MR) is 76.2 cm³/mol. The van der Waals surface area contributed by atoms with Crippen molar-refractivity contribution in [3.63, 3.8) is 0 Å². The van der Waals surface area contributed by atoms with Crippen LogP contribution >= 0.6 is 0 Å². The molecule has 0 radical (unpaired) electrons. The van der Waals surface area contributed by atoms with Crippen LogP contribution in [0.3, 0.4) is 0 Å². The van der Waals surface area contributed by atoms with Gasteiger partial charge in [-0.15, -0.1) is 0 Å².